The number of hydrogen-bond donors (Lipinski definition) is 0. The first kappa shape index (κ1) is 17.7. The Labute approximate surface area is 148 Å². The van der Waals surface area contributed by atoms with Crippen LogP contribution in [0.5, 0.6) is 0 Å². The minimum atomic E-state index is -0.422. The quantitative estimate of drug-likeness (QED) is 0.707. The van der Waals surface area contributed by atoms with Crippen molar-refractivity contribution in [2.75, 3.05) is 32.1 Å². The largest absolute Gasteiger partial charge is 0.378 e. The second-order valence-electron chi connectivity index (χ2n) is 5.96. The molecule has 1 aliphatic rings. The van der Waals surface area contributed by atoms with Gasteiger partial charge in [0.2, 0.25) is 5.91 Å². The van der Waals surface area contributed by atoms with Crippen LogP contribution in [0.4, 0.5) is 0 Å². The smallest absolute Gasteiger partial charge is 0.332 e. The number of aryl methyl sites for hydroxylation is 2. The van der Waals surface area contributed by atoms with E-state index >= 15 is 0 Å². The fourth-order valence-corrected chi connectivity index (χ4v) is 3.87. The monoisotopic (exact) mass is 364 g/mol. The van der Waals surface area contributed by atoms with Crippen LogP contribution in [-0.2, 0) is 23.6 Å². The van der Waals surface area contributed by atoms with Crippen molar-refractivity contribution in [2.45, 2.75) is 11.8 Å². The second-order valence-corrected chi connectivity index (χ2v) is 6.94. The number of morpholine rings is 1. The van der Waals surface area contributed by atoms with Gasteiger partial charge in [0.05, 0.1) is 24.4 Å². The molecule has 0 saturated carbocycles. The van der Waals surface area contributed by atoms with Gasteiger partial charge in [0.25, 0.3) is 5.56 Å². The summed E-state index contributed by atoms with van der Waals surface area (Å²) < 4.78 is 7.68. The van der Waals surface area contributed by atoms with Crippen molar-refractivity contribution in [3.05, 3.63) is 32.6 Å². The number of rotatable bonds is 3. The Morgan fingerprint density at radius 2 is 1.92 bits per heavy atom. The lowest BCUT2D eigenvalue weighted by molar-refractivity contribution is -0.132. The van der Waals surface area contributed by atoms with E-state index in [2.05, 4.69) is 4.98 Å². The molecule has 0 unspecified atom stereocenters. The Hall–Kier alpha value is -2.13. The second kappa shape index (κ2) is 7.01. The summed E-state index contributed by atoms with van der Waals surface area (Å²) in [6.07, 6.45) is 1.63. The highest BCUT2D eigenvalue weighted by Gasteiger charge is 2.20. The molecule has 134 valence electrons. The van der Waals surface area contributed by atoms with Crippen molar-refractivity contribution in [1.82, 2.24) is 19.0 Å². The zero-order chi connectivity index (χ0) is 18.1. The molecule has 0 aromatic carbocycles. The summed E-state index contributed by atoms with van der Waals surface area (Å²) in [7, 11) is 3.03. The van der Waals surface area contributed by atoms with Crippen molar-refractivity contribution < 1.29 is 9.53 Å². The highest BCUT2D eigenvalue weighted by molar-refractivity contribution is 8.00. The van der Waals surface area contributed by atoms with E-state index in [1.54, 1.807) is 18.1 Å². The number of fused-ring (bicyclic) bond motifs is 1. The standard InChI is InChI=1S/C16H20N4O4S/c1-10-8-17-14-12(15(22)19(3)16(23)18(14)2)13(10)25-9-11(21)20-4-6-24-7-5-20/h8H,4-7,9H2,1-3H3. The first-order chi connectivity index (χ1) is 11.9. The average Bonchev–Trinajstić information content (AvgIpc) is 2.63. The summed E-state index contributed by atoms with van der Waals surface area (Å²) in [5.74, 6) is 0.241. The maximum atomic E-state index is 12.6. The van der Waals surface area contributed by atoms with Crippen molar-refractivity contribution in [3.63, 3.8) is 0 Å². The predicted octanol–water partition coefficient (Wildman–Crippen LogP) is -0.108. The van der Waals surface area contributed by atoms with Crippen LogP contribution in [-0.4, -0.2) is 57.0 Å². The summed E-state index contributed by atoms with van der Waals surface area (Å²) in [5, 5.41) is 0.379. The van der Waals surface area contributed by atoms with Crippen LogP contribution in [0.1, 0.15) is 5.56 Å². The van der Waals surface area contributed by atoms with Crippen LogP contribution >= 0.6 is 11.8 Å². The van der Waals surface area contributed by atoms with Gasteiger partial charge in [-0.3, -0.25) is 18.7 Å². The van der Waals surface area contributed by atoms with Gasteiger partial charge in [0, 0.05) is 38.3 Å². The van der Waals surface area contributed by atoms with E-state index in [0.29, 0.717) is 42.2 Å². The first-order valence-corrected chi connectivity index (χ1v) is 8.94. The van der Waals surface area contributed by atoms with E-state index in [9.17, 15) is 14.4 Å². The van der Waals surface area contributed by atoms with Gasteiger partial charge in [-0.2, -0.15) is 0 Å². The topological polar surface area (TPSA) is 86.4 Å². The van der Waals surface area contributed by atoms with Crippen LogP contribution in [0.25, 0.3) is 11.0 Å². The molecule has 0 spiro atoms. The highest BCUT2D eigenvalue weighted by atomic mass is 32.2. The Balaban J connectivity index is 1.98. The Morgan fingerprint density at radius 3 is 2.60 bits per heavy atom. The molecule has 3 heterocycles. The van der Waals surface area contributed by atoms with Crippen LogP contribution < -0.4 is 11.2 Å². The Bertz CT molecular complexity index is 944. The number of amides is 1. The summed E-state index contributed by atoms with van der Waals surface area (Å²) in [4.78, 5) is 43.8. The number of thioether (sulfide) groups is 1. The lowest BCUT2D eigenvalue weighted by Crippen LogP contribution is -2.41. The third-order valence-corrected chi connectivity index (χ3v) is 5.51. The first-order valence-electron chi connectivity index (χ1n) is 7.95. The molecule has 3 rings (SSSR count). The maximum Gasteiger partial charge on any atom is 0.332 e. The Morgan fingerprint density at radius 1 is 1.24 bits per heavy atom. The third kappa shape index (κ3) is 3.21. The zero-order valence-corrected chi connectivity index (χ0v) is 15.3. The van der Waals surface area contributed by atoms with Gasteiger partial charge >= 0.3 is 5.69 Å². The molecule has 1 fully saturated rings. The van der Waals surface area contributed by atoms with E-state index in [1.807, 2.05) is 6.92 Å². The molecule has 0 radical (unpaired) electrons. The van der Waals surface area contributed by atoms with E-state index in [0.717, 1.165) is 10.1 Å². The number of carbonyl (C=O) groups is 1. The van der Waals surface area contributed by atoms with Gasteiger partial charge in [-0.05, 0) is 12.5 Å². The van der Waals surface area contributed by atoms with E-state index in [1.165, 1.54) is 23.4 Å². The van der Waals surface area contributed by atoms with Crippen molar-refractivity contribution in [2.24, 2.45) is 14.1 Å². The molecule has 1 amide bonds. The summed E-state index contributed by atoms with van der Waals surface area (Å²) >= 11 is 1.31. The van der Waals surface area contributed by atoms with E-state index < -0.39 is 11.2 Å². The number of ether oxygens (including phenoxy) is 1. The van der Waals surface area contributed by atoms with Crippen LogP contribution in [0.2, 0.25) is 0 Å². The summed E-state index contributed by atoms with van der Waals surface area (Å²) in [6.45, 7) is 4.13. The molecule has 0 bridgehead atoms. The molecule has 1 saturated heterocycles. The SMILES string of the molecule is Cc1cnc2c(c1SCC(=O)N1CCOCC1)c(=O)n(C)c(=O)n2C. The average molecular weight is 364 g/mol. The molecule has 9 heteroatoms. The van der Waals surface area contributed by atoms with Gasteiger partial charge in [0.1, 0.15) is 5.65 Å². The molecular weight excluding hydrogens is 344 g/mol. The lowest BCUT2D eigenvalue weighted by Gasteiger charge is -2.26. The van der Waals surface area contributed by atoms with Crippen LogP contribution in [0, 0.1) is 6.92 Å². The minimum absolute atomic E-state index is 0.0132. The van der Waals surface area contributed by atoms with Gasteiger partial charge in [0.15, 0.2) is 0 Å². The summed E-state index contributed by atoms with van der Waals surface area (Å²) in [5.41, 5.74) is 0.327. The number of pyridine rings is 1. The van der Waals surface area contributed by atoms with Crippen molar-refractivity contribution >= 4 is 28.7 Å². The molecule has 0 atom stereocenters. The molecule has 2 aromatic heterocycles. The molecular formula is C16H20N4O4S. The fraction of sp³-hybridized carbons (Fsp3) is 0.500. The van der Waals surface area contributed by atoms with E-state index in [4.69, 9.17) is 4.74 Å². The minimum Gasteiger partial charge on any atom is -0.378 e. The zero-order valence-electron chi connectivity index (χ0n) is 14.4. The van der Waals surface area contributed by atoms with Crippen LogP contribution in [0.3, 0.4) is 0 Å². The number of nitrogens with zero attached hydrogens (tertiary/aromatic N) is 4. The van der Waals surface area contributed by atoms with Gasteiger partial charge in [-0.15, -0.1) is 11.8 Å². The fourth-order valence-electron chi connectivity index (χ4n) is 2.82. The molecule has 25 heavy (non-hydrogen) atoms. The third-order valence-electron chi connectivity index (χ3n) is 4.30. The van der Waals surface area contributed by atoms with Crippen molar-refractivity contribution in [3.8, 4) is 0 Å². The maximum absolute atomic E-state index is 12.6. The highest BCUT2D eigenvalue weighted by Crippen LogP contribution is 2.27. The Kier molecular flexibility index (Phi) is 4.96. The number of hydrogen-bond acceptors (Lipinski definition) is 6. The van der Waals surface area contributed by atoms with Gasteiger partial charge in [-0.1, -0.05) is 0 Å². The molecule has 1 aliphatic heterocycles. The molecule has 8 nitrogen and oxygen atoms in total. The number of carbonyl (C=O) groups excluding carboxylic acids is 1. The summed E-state index contributed by atoms with van der Waals surface area (Å²) in [6, 6.07) is 0. The lowest BCUT2D eigenvalue weighted by atomic mass is 10.2. The van der Waals surface area contributed by atoms with Gasteiger partial charge in [-0.25, -0.2) is 9.78 Å². The molecule has 0 aliphatic carbocycles. The number of aromatic nitrogens is 3. The van der Waals surface area contributed by atoms with Crippen LogP contribution in [0.15, 0.2) is 20.7 Å². The van der Waals surface area contributed by atoms with E-state index in [-0.39, 0.29) is 11.7 Å². The molecule has 0 N–H and O–H groups in total. The normalized spacial score (nSPS) is 14.9. The van der Waals surface area contributed by atoms with Gasteiger partial charge < -0.3 is 9.64 Å². The predicted molar refractivity (Wildman–Crippen MR) is 95.1 cm³/mol. The van der Waals surface area contributed by atoms with Crippen molar-refractivity contribution in [1.29, 1.82) is 0 Å². The molecule has 2 aromatic rings.